The molecular formula is C16H22O. The molecule has 0 spiro atoms. The van der Waals surface area contributed by atoms with Crippen LogP contribution in [-0.2, 0) is 0 Å². The first-order chi connectivity index (χ1) is 8.14. The number of rotatable bonds is 4. The number of benzene rings is 1. The summed E-state index contributed by atoms with van der Waals surface area (Å²) in [6.45, 7) is 4.44. The van der Waals surface area contributed by atoms with E-state index in [2.05, 4.69) is 13.8 Å². The fourth-order valence-corrected chi connectivity index (χ4v) is 3.25. The summed E-state index contributed by atoms with van der Waals surface area (Å²) in [5.41, 5.74) is 0.838. The standard InChI is InChI=1S/C16H22O/c1-13(2)12-16(10-6-7-11-16)15(17)14-8-4-3-5-9-14/h3-5,8-9,13H,6-7,10-12H2,1-2H3. The third kappa shape index (κ3) is 2.59. The van der Waals surface area contributed by atoms with E-state index in [1.165, 1.54) is 12.8 Å². The lowest BCUT2D eigenvalue weighted by atomic mass is 9.73. The van der Waals surface area contributed by atoms with E-state index in [1.54, 1.807) is 0 Å². The first-order valence-electron chi connectivity index (χ1n) is 6.74. The summed E-state index contributed by atoms with van der Waals surface area (Å²) in [4.78, 5) is 12.7. The van der Waals surface area contributed by atoms with E-state index >= 15 is 0 Å². The molecule has 0 amide bonds. The highest BCUT2D eigenvalue weighted by molar-refractivity contribution is 6.00. The quantitative estimate of drug-likeness (QED) is 0.697. The molecule has 0 aromatic heterocycles. The van der Waals surface area contributed by atoms with Gasteiger partial charge in [-0.05, 0) is 25.2 Å². The molecule has 17 heavy (non-hydrogen) atoms. The van der Waals surface area contributed by atoms with E-state index in [-0.39, 0.29) is 5.41 Å². The van der Waals surface area contributed by atoms with Gasteiger partial charge in [0.05, 0.1) is 0 Å². The van der Waals surface area contributed by atoms with Gasteiger partial charge in [0.1, 0.15) is 0 Å². The zero-order chi connectivity index (χ0) is 12.3. The van der Waals surface area contributed by atoms with Crippen LogP contribution >= 0.6 is 0 Å². The minimum atomic E-state index is -0.0600. The Morgan fingerprint density at radius 2 is 1.76 bits per heavy atom. The van der Waals surface area contributed by atoms with Gasteiger partial charge in [-0.25, -0.2) is 0 Å². The van der Waals surface area contributed by atoms with Gasteiger partial charge in [-0.15, -0.1) is 0 Å². The minimum absolute atomic E-state index is 0.0600. The van der Waals surface area contributed by atoms with Crippen molar-refractivity contribution < 1.29 is 4.79 Å². The molecule has 0 atom stereocenters. The summed E-state index contributed by atoms with van der Waals surface area (Å²) in [7, 11) is 0. The summed E-state index contributed by atoms with van der Waals surface area (Å²) < 4.78 is 0. The molecule has 1 heteroatoms. The molecule has 0 saturated heterocycles. The van der Waals surface area contributed by atoms with Crippen LogP contribution in [0.25, 0.3) is 0 Å². The van der Waals surface area contributed by atoms with Crippen molar-refractivity contribution in [2.75, 3.05) is 0 Å². The predicted octanol–water partition coefficient (Wildman–Crippen LogP) is 4.48. The minimum Gasteiger partial charge on any atom is -0.294 e. The largest absolute Gasteiger partial charge is 0.294 e. The lowest BCUT2D eigenvalue weighted by Gasteiger charge is -2.29. The Bertz CT molecular complexity index is 372. The number of carbonyl (C=O) groups is 1. The SMILES string of the molecule is CC(C)CC1(C(=O)c2ccccc2)CCCC1. The van der Waals surface area contributed by atoms with Gasteiger partial charge in [-0.2, -0.15) is 0 Å². The van der Waals surface area contributed by atoms with E-state index in [4.69, 9.17) is 0 Å². The van der Waals surface area contributed by atoms with Crippen LogP contribution in [0.4, 0.5) is 0 Å². The number of hydrogen-bond acceptors (Lipinski definition) is 1. The molecule has 92 valence electrons. The molecular weight excluding hydrogens is 208 g/mol. The van der Waals surface area contributed by atoms with Gasteiger partial charge in [-0.1, -0.05) is 57.0 Å². The molecule has 0 N–H and O–H groups in total. The number of hydrogen-bond donors (Lipinski definition) is 0. The molecule has 0 heterocycles. The fraction of sp³-hybridized carbons (Fsp3) is 0.562. The number of carbonyl (C=O) groups excluding carboxylic acids is 1. The molecule has 1 aromatic carbocycles. The Kier molecular flexibility index (Phi) is 3.66. The molecule has 1 aliphatic rings. The maximum Gasteiger partial charge on any atom is 0.169 e. The topological polar surface area (TPSA) is 17.1 Å². The van der Waals surface area contributed by atoms with Crippen LogP contribution in [0.3, 0.4) is 0 Å². The Hall–Kier alpha value is -1.11. The van der Waals surface area contributed by atoms with Crippen LogP contribution in [0.5, 0.6) is 0 Å². The maximum absolute atomic E-state index is 12.7. The highest BCUT2D eigenvalue weighted by atomic mass is 16.1. The third-order valence-corrected chi connectivity index (χ3v) is 3.88. The van der Waals surface area contributed by atoms with Gasteiger partial charge in [-0.3, -0.25) is 4.79 Å². The Balaban J connectivity index is 2.25. The average Bonchev–Trinajstić information content (AvgIpc) is 2.78. The fourth-order valence-electron chi connectivity index (χ4n) is 3.25. The lowest BCUT2D eigenvalue weighted by Crippen LogP contribution is -2.29. The molecule has 1 aliphatic carbocycles. The van der Waals surface area contributed by atoms with E-state index < -0.39 is 0 Å². The van der Waals surface area contributed by atoms with Crippen molar-refractivity contribution >= 4 is 5.78 Å². The highest BCUT2D eigenvalue weighted by Crippen LogP contribution is 2.45. The van der Waals surface area contributed by atoms with Crippen molar-refractivity contribution in [1.82, 2.24) is 0 Å². The smallest absolute Gasteiger partial charge is 0.169 e. The average molecular weight is 230 g/mol. The van der Waals surface area contributed by atoms with Crippen molar-refractivity contribution in [3.8, 4) is 0 Å². The monoisotopic (exact) mass is 230 g/mol. The van der Waals surface area contributed by atoms with Crippen molar-refractivity contribution in [1.29, 1.82) is 0 Å². The number of Topliss-reactive ketones (excluding diaryl/α,β-unsaturated/α-hetero) is 1. The molecule has 0 unspecified atom stereocenters. The van der Waals surface area contributed by atoms with Crippen molar-refractivity contribution in [3.05, 3.63) is 35.9 Å². The van der Waals surface area contributed by atoms with Gasteiger partial charge in [0.15, 0.2) is 5.78 Å². The summed E-state index contributed by atoms with van der Waals surface area (Å²) in [6, 6.07) is 9.82. The van der Waals surface area contributed by atoms with Gasteiger partial charge in [0.25, 0.3) is 0 Å². The molecule has 1 fully saturated rings. The molecule has 1 aromatic rings. The third-order valence-electron chi connectivity index (χ3n) is 3.88. The van der Waals surface area contributed by atoms with Gasteiger partial charge in [0.2, 0.25) is 0 Å². The second-order valence-electron chi connectivity index (χ2n) is 5.78. The highest BCUT2D eigenvalue weighted by Gasteiger charge is 2.41. The van der Waals surface area contributed by atoms with Gasteiger partial charge >= 0.3 is 0 Å². The van der Waals surface area contributed by atoms with Crippen molar-refractivity contribution in [3.63, 3.8) is 0 Å². The van der Waals surface area contributed by atoms with Crippen molar-refractivity contribution in [2.45, 2.75) is 46.0 Å². The normalized spacial score (nSPS) is 18.5. The van der Waals surface area contributed by atoms with E-state index in [0.29, 0.717) is 11.7 Å². The van der Waals surface area contributed by atoms with Gasteiger partial charge in [0, 0.05) is 11.0 Å². The summed E-state index contributed by atoms with van der Waals surface area (Å²) in [5, 5.41) is 0. The molecule has 1 nitrogen and oxygen atoms in total. The Labute approximate surface area is 104 Å². The van der Waals surface area contributed by atoms with Crippen LogP contribution in [0, 0.1) is 11.3 Å². The number of ketones is 1. The predicted molar refractivity (Wildman–Crippen MR) is 71.1 cm³/mol. The van der Waals surface area contributed by atoms with Crippen LogP contribution in [0.2, 0.25) is 0 Å². The van der Waals surface area contributed by atoms with Crippen LogP contribution in [0.15, 0.2) is 30.3 Å². The Morgan fingerprint density at radius 3 is 2.29 bits per heavy atom. The van der Waals surface area contributed by atoms with E-state index in [1.807, 2.05) is 30.3 Å². The molecule has 1 saturated carbocycles. The lowest BCUT2D eigenvalue weighted by molar-refractivity contribution is 0.0760. The first-order valence-corrected chi connectivity index (χ1v) is 6.74. The second kappa shape index (κ2) is 5.03. The summed E-state index contributed by atoms with van der Waals surface area (Å²) >= 11 is 0. The Morgan fingerprint density at radius 1 is 1.18 bits per heavy atom. The van der Waals surface area contributed by atoms with Gasteiger partial charge < -0.3 is 0 Å². The second-order valence-corrected chi connectivity index (χ2v) is 5.78. The molecule has 0 bridgehead atoms. The molecule has 0 aliphatic heterocycles. The van der Waals surface area contributed by atoms with Crippen LogP contribution in [-0.4, -0.2) is 5.78 Å². The summed E-state index contributed by atoms with van der Waals surface area (Å²) in [5.74, 6) is 0.977. The zero-order valence-corrected chi connectivity index (χ0v) is 10.9. The van der Waals surface area contributed by atoms with Crippen LogP contribution < -0.4 is 0 Å². The summed E-state index contributed by atoms with van der Waals surface area (Å²) in [6.07, 6.45) is 5.63. The van der Waals surface area contributed by atoms with E-state index in [0.717, 1.165) is 24.8 Å². The zero-order valence-electron chi connectivity index (χ0n) is 10.9. The van der Waals surface area contributed by atoms with Crippen molar-refractivity contribution in [2.24, 2.45) is 11.3 Å². The van der Waals surface area contributed by atoms with Crippen LogP contribution in [0.1, 0.15) is 56.3 Å². The molecule has 2 rings (SSSR count). The maximum atomic E-state index is 12.7. The first kappa shape index (κ1) is 12.3. The van der Waals surface area contributed by atoms with E-state index in [9.17, 15) is 4.79 Å². The molecule has 0 radical (unpaired) electrons.